The average molecular weight is 835 g/mol. The highest BCUT2D eigenvalue weighted by molar-refractivity contribution is 6.90. The summed E-state index contributed by atoms with van der Waals surface area (Å²) in [5.41, 5.74) is 23.9. The molecule has 0 unspecified atom stereocenters. The standard InChI is InChI=1S/C62H51BN2/c1-61(2,3)44-29-32-46(33-30-44)64-57-35-31-45(62(4,5)6)39-55(57)63-59-51(26-17-27-58(59)64)53-37-43(50-25-16-14-23-48(50)41-20-11-8-12-21-41)38-54-52-36-42(28-34-56(52)65(63)60(53)54)49-24-15-13-22-47(49)40-18-9-7-10-19-40/h7-39H,1-6H3. The van der Waals surface area contributed by atoms with Crippen LogP contribution in [-0.4, -0.2) is 11.3 Å². The molecule has 3 heteroatoms. The molecule has 0 saturated heterocycles. The first-order chi connectivity index (χ1) is 31.5. The van der Waals surface area contributed by atoms with Crippen molar-refractivity contribution in [2.45, 2.75) is 52.4 Å². The van der Waals surface area contributed by atoms with Crippen molar-refractivity contribution in [1.29, 1.82) is 0 Å². The van der Waals surface area contributed by atoms with Gasteiger partial charge in [0.05, 0.1) is 0 Å². The number of nitrogens with zero attached hydrogens (tertiary/aromatic N) is 2. The zero-order valence-corrected chi connectivity index (χ0v) is 38.0. The van der Waals surface area contributed by atoms with Gasteiger partial charge in [0.15, 0.2) is 0 Å². The van der Waals surface area contributed by atoms with Crippen LogP contribution in [0.1, 0.15) is 52.7 Å². The van der Waals surface area contributed by atoms with E-state index in [1.54, 1.807) is 0 Å². The predicted octanol–water partition coefficient (Wildman–Crippen LogP) is 15.5. The summed E-state index contributed by atoms with van der Waals surface area (Å²) in [6, 6.07) is 75.3. The van der Waals surface area contributed by atoms with Gasteiger partial charge in [-0.2, -0.15) is 0 Å². The summed E-state index contributed by atoms with van der Waals surface area (Å²) in [6.07, 6.45) is 0. The quantitative estimate of drug-likeness (QED) is 0.157. The van der Waals surface area contributed by atoms with Crippen molar-refractivity contribution in [2.24, 2.45) is 0 Å². The van der Waals surface area contributed by atoms with Crippen LogP contribution in [0.15, 0.2) is 200 Å². The Labute approximate surface area is 383 Å². The summed E-state index contributed by atoms with van der Waals surface area (Å²) in [7, 11) is 0. The maximum atomic E-state index is 2.71. The lowest BCUT2D eigenvalue weighted by Crippen LogP contribution is -2.56. The molecular weight excluding hydrogens is 784 g/mol. The van der Waals surface area contributed by atoms with Crippen molar-refractivity contribution in [1.82, 2.24) is 4.48 Å². The number of aromatic nitrogens is 1. The minimum Gasteiger partial charge on any atom is -0.375 e. The molecule has 0 spiro atoms. The van der Waals surface area contributed by atoms with Crippen LogP contribution in [0.2, 0.25) is 0 Å². The number of benzene rings is 9. The third-order valence-corrected chi connectivity index (χ3v) is 14.1. The fourth-order valence-corrected chi connectivity index (χ4v) is 10.8. The summed E-state index contributed by atoms with van der Waals surface area (Å²) in [5.74, 6) is 0. The molecule has 0 atom stereocenters. The van der Waals surface area contributed by atoms with E-state index in [0.717, 1.165) is 0 Å². The fraction of sp³-hybridized carbons (Fsp3) is 0.129. The second-order valence-corrected chi connectivity index (χ2v) is 20.1. The van der Waals surface area contributed by atoms with Gasteiger partial charge in [-0.1, -0.05) is 193 Å². The monoisotopic (exact) mass is 834 g/mol. The number of fused-ring (bicyclic) bond motifs is 7. The lowest BCUT2D eigenvalue weighted by molar-refractivity contribution is 0.590. The first-order valence-electron chi connectivity index (χ1n) is 23.1. The van der Waals surface area contributed by atoms with E-state index in [1.165, 1.54) is 117 Å². The average Bonchev–Trinajstić information content (AvgIpc) is 3.66. The normalized spacial score (nSPS) is 13.0. The summed E-state index contributed by atoms with van der Waals surface area (Å²) in [4.78, 5) is 2.53. The predicted molar refractivity (Wildman–Crippen MR) is 279 cm³/mol. The van der Waals surface area contributed by atoms with E-state index in [2.05, 4.69) is 251 Å². The Kier molecular flexibility index (Phi) is 8.81. The molecule has 3 heterocycles. The Hall–Kier alpha value is -7.36. The molecule has 0 saturated carbocycles. The third kappa shape index (κ3) is 6.24. The molecule has 2 aliphatic rings. The van der Waals surface area contributed by atoms with Gasteiger partial charge in [0, 0.05) is 44.4 Å². The van der Waals surface area contributed by atoms with E-state index in [-0.39, 0.29) is 17.7 Å². The van der Waals surface area contributed by atoms with E-state index >= 15 is 0 Å². The van der Waals surface area contributed by atoms with Gasteiger partial charge in [-0.15, -0.1) is 0 Å². The van der Waals surface area contributed by atoms with Crippen LogP contribution in [0, 0.1) is 0 Å². The zero-order chi connectivity index (χ0) is 44.2. The van der Waals surface area contributed by atoms with Crippen LogP contribution in [0.5, 0.6) is 0 Å². The highest BCUT2D eigenvalue weighted by Crippen LogP contribution is 2.49. The van der Waals surface area contributed by atoms with Gasteiger partial charge >= 0.3 is 6.85 Å². The number of hydrogen-bond donors (Lipinski definition) is 0. The molecule has 0 amide bonds. The maximum Gasteiger partial charge on any atom is 0.333 e. The Bertz CT molecular complexity index is 3490. The Morgan fingerprint density at radius 3 is 1.52 bits per heavy atom. The Balaban J connectivity index is 1.18. The molecule has 1 aromatic heterocycles. The number of rotatable bonds is 5. The summed E-state index contributed by atoms with van der Waals surface area (Å²) in [6.45, 7) is 13.8. The summed E-state index contributed by atoms with van der Waals surface area (Å²) < 4.78 is 2.71. The minimum atomic E-state index is -0.0407. The highest BCUT2D eigenvalue weighted by Gasteiger charge is 2.43. The van der Waals surface area contributed by atoms with Crippen molar-refractivity contribution < 1.29 is 0 Å². The van der Waals surface area contributed by atoms with E-state index in [1.807, 2.05) is 0 Å². The molecule has 2 nitrogen and oxygen atoms in total. The Morgan fingerprint density at radius 2 is 0.908 bits per heavy atom. The summed E-state index contributed by atoms with van der Waals surface area (Å²) in [5, 5.41) is 2.54. The van der Waals surface area contributed by atoms with Gasteiger partial charge in [0.2, 0.25) is 0 Å². The van der Waals surface area contributed by atoms with Crippen molar-refractivity contribution in [3.63, 3.8) is 0 Å². The molecule has 10 aromatic rings. The molecule has 65 heavy (non-hydrogen) atoms. The van der Waals surface area contributed by atoms with Gasteiger partial charge in [0.1, 0.15) is 0 Å². The number of hydrogen-bond acceptors (Lipinski definition) is 1. The van der Waals surface area contributed by atoms with Crippen LogP contribution >= 0.6 is 0 Å². The fourth-order valence-electron chi connectivity index (χ4n) is 10.8. The topological polar surface area (TPSA) is 8.17 Å². The van der Waals surface area contributed by atoms with Gasteiger partial charge in [-0.25, -0.2) is 0 Å². The molecule has 9 aromatic carbocycles. The highest BCUT2D eigenvalue weighted by atomic mass is 15.2. The van der Waals surface area contributed by atoms with Crippen LogP contribution in [0.3, 0.4) is 0 Å². The van der Waals surface area contributed by atoms with E-state index in [4.69, 9.17) is 0 Å². The zero-order valence-electron chi connectivity index (χ0n) is 38.0. The number of anilines is 3. The molecule has 0 N–H and O–H groups in total. The first-order valence-corrected chi connectivity index (χ1v) is 23.1. The third-order valence-electron chi connectivity index (χ3n) is 14.1. The minimum absolute atomic E-state index is 0.0310. The lowest BCUT2D eigenvalue weighted by atomic mass is 9.44. The van der Waals surface area contributed by atoms with Crippen molar-refractivity contribution >= 4 is 56.6 Å². The molecule has 0 radical (unpaired) electrons. The van der Waals surface area contributed by atoms with Crippen LogP contribution in [0.4, 0.5) is 17.1 Å². The largest absolute Gasteiger partial charge is 0.375 e. The lowest BCUT2D eigenvalue weighted by Gasteiger charge is -2.41. The van der Waals surface area contributed by atoms with Crippen LogP contribution in [0.25, 0.3) is 77.4 Å². The molecule has 0 fully saturated rings. The molecule has 2 aliphatic heterocycles. The van der Waals surface area contributed by atoms with Gasteiger partial charge < -0.3 is 9.38 Å². The van der Waals surface area contributed by atoms with Crippen molar-refractivity contribution in [2.75, 3.05) is 4.90 Å². The van der Waals surface area contributed by atoms with E-state index < -0.39 is 0 Å². The van der Waals surface area contributed by atoms with Gasteiger partial charge in [0.25, 0.3) is 0 Å². The van der Waals surface area contributed by atoms with Gasteiger partial charge in [-0.3, -0.25) is 0 Å². The van der Waals surface area contributed by atoms with E-state index in [0.29, 0.717) is 0 Å². The van der Waals surface area contributed by atoms with E-state index in [9.17, 15) is 0 Å². The van der Waals surface area contributed by atoms with Crippen molar-refractivity contribution in [3.8, 4) is 55.6 Å². The SMILES string of the molecule is CC(C)(C)c1ccc(N2c3ccc(C(C)(C)C)cc3B3c4c(cccc42)-c2cc(-c4ccccc4-c4ccccc4)cc4c5cc(-c6ccccc6-c6ccccc6)ccc5n3c24)cc1. The van der Waals surface area contributed by atoms with Crippen LogP contribution < -0.4 is 15.8 Å². The molecule has 312 valence electrons. The molecule has 0 bridgehead atoms. The second-order valence-electron chi connectivity index (χ2n) is 20.1. The van der Waals surface area contributed by atoms with Crippen molar-refractivity contribution in [3.05, 3.63) is 211 Å². The first kappa shape index (κ1) is 39.3. The smallest absolute Gasteiger partial charge is 0.333 e. The second kappa shape index (κ2) is 14.6. The van der Waals surface area contributed by atoms with Crippen LogP contribution in [-0.2, 0) is 10.8 Å². The molecular formula is C62H51BN2. The Morgan fingerprint density at radius 1 is 0.369 bits per heavy atom. The van der Waals surface area contributed by atoms with Gasteiger partial charge in [-0.05, 0) is 131 Å². The molecule has 12 rings (SSSR count). The summed E-state index contributed by atoms with van der Waals surface area (Å²) >= 11 is 0. The molecule has 0 aliphatic carbocycles. The maximum absolute atomic E-state index is 2.71.